The third kappa shape index (κ3) is 3.16. The number of carbonyl (C=O) groups excluding carboxylic acids is 2. The van der Waals surface area contributed by atoms with E-state index in [1.807, 2.05) is 30.0 Å². The number of rotatable bonds is 5. The van der Waals surface area contributed by atoms with Crippen LogP contribution >= 0.6 is 0 Å². The number of amides is 2. The van der Waals surface area contributed by atoms with Crippen LogP contribution in [0.15, 0.2) is 24.3 Å². The minimum absolute atomic E-state index is 0.0423. The average molecular weight is 303 g/mol. The van der Waals surface area contributed by atoms with Crippen molar-refractivity contribution in [2.24, 2.45) is 11.7 Å². The number of hydrogen-bond donors (Lipinski definition) is 2. The Bertz CT molecular complexity index is 586. The van der Waals surface area contributed by atoms with Crippen molar-refractivity contribution in [1.82, 2.24) is 5.32 Å². The molecule has 0 radical (unpaired) electrons. The van der Waals surface area contributed by atoms with E-state index in [0.29, 0.717) is 11.7 Å². The van der Waals surface area contributed by atoms with Crippen molar-refractivity contribution in [2.75, 3.05) is 18.0 Å². The summed E-state index contributed by atoms with van der Waals surface area (Å²) >= 11 is 0. The summed E-state index contributed by atoms with van der Waals surface area (Å²) in [6.07, 6.45) is 1.64. The fourth-order valence-corrected chi connectivity index (χ4v) is 2.79. The lowest BCUT2D eigenvalue weighted by Crippen LogP contribution is -2.50. The standard InChI is InChI=1S/C16H21N3O3/c1-10(11-6-7-11)18-15(20)9-19-8-14(16(17)21)22-13-5-3-2-4-12(13)19/h2-5,10-11,14H,6-9H2,1H3,(H2,17,21)(H,18,20)/t10-,14+/m0/s1. The molecule has 1 aliphatic carbocycles. The highest BCUT2D eigenvalue weighted by Crippen LogP contribution is 2.33. The number of primary amides is 1. The Kier molecular flexibility index (Phi) is 3.92. The molecule has 3 N–H and O–H groups in total. The van der Waals surface area contributed by atoms with Crippen LogP contribution in [0.2, 0.25) is 0 Å². The molecular formula is C16H21N3O3. The molecule has 6 nitrogen and oxygen atoms in total. The van der Waals surface area contributed by atoms with Gasteiger partial charge in [-0.15, -0.1) is 0 Å². The van der Waals surface area contributed by atoms with Gasteiger partial charge >= 0.3 is 0 Å². The van der Waals surface area contributed by atoms with Gasteiger partial charge in [-0.05, 0) is 37.8 Å². The first kappa shape index (κ1) is 14.7. The largest absolute Gasteiger partial charge is 0.477 e. The smallest absolute Gasteiger partial charge is 0.260 e. The number of nitrogens with zero attached hydrogens (tertiary/aromatic N) is 1. The number of carbonyl (C=O) groups is 2. The highest BCUT2D eigenvalue weighted by atomic mass is 16.5. The third-order valence-corrected chi connectivity index (χ3v) is 4.23. The normalized spacial score (nSPS) is 21.5. The van der Waals surface area contributed by atoms with Gasteiger partial charge in [0.2, 0.25) is 5.91 Å². The molecule has 2 atom stereocenters. The predicted molar refractivity (Wildman–Crippen MR) is 82.6 cm³/mol. The molecule has 0 saturated heterocycles. The van der Waals surface area contributed by atoms with Crippen LogP contribution in [0.1, 0.15) is 19.8 Å². The molecule has 2 aliphatic rings. The maximum atomic E-state index is 12.2. The van der Waals surface area contributed by atoms with Crippen molar-refractivity contribution in [2.45, 2.75) is 31.9 Å². The van der Waals surface area contributed by atoms with Crippen molar-refractivity contribution in [3.63, 3.8) is 0 Å². The van der Waals surface area contributed by atoms with Gasteiger partial charge in [0.15, 0.2) is 6.10 Å². The molecule has 22 heavy (non-hydrogen) atoms. The van der Waals surface area contributed by atoms with Crippen LogP contribution in [0.3, 0.4) is 0 Å². The highest BCUT2D eigenvalue weighted by molar-refractivity contribution is 5.85. The van der Waals surface area contributed by atoms with Gasteiger partial charge < -0.3 is 20.7 Å². The summed E-state index contributed by atoms with van der Waals surface area (Å²) < 4.78 is 5.59. The lowest BCUT2D eigenvalue weighted by Gasteiger charge is -2.34. The molecule has 1 aromatic carbocycles. The molecule has 1 aliphatic heterocycles. The van der Waals surface area contributed by atoms with Crippen LogP contribution in [0, 0.1) is 5.92 Å². The molecular weight excluding hydrogens is 282 g/mol. The summed E-state index contributed by atoms with van der Waals surface area (Å²) in [5.41, 5.74) is 6.17. The van der Waals surface area contributed by atoms with Crippen molar-refractivity contribution in [1.29, 1.82) is 0 Å². The van der Waals surface area contributed by atoms with Crippen molar-refractivity contribution >= 4 is 17.5 Å². The zero-order chi connectivity index (χ0) is 15.7. The number of nitrogens with one attached hydrogen (secondary N) is 1. The monoisotopic (exact) mass is 303 g/mol. The molecule has 0 aromatic heterocycles. The van der Waals surface area contributed by atoms with Gasteiger partial charge in [-0.1, -0.05) is 12.1 Å². The Morgan fingerprint density at radius 2 is 2.14 bits per heavy atom. The van der Waals surface area contributed by atoms with E-state index in [9.17, 15) is 9.59 Å². The van der Waals surface area contributed by atoms with Crippen LogP contribution in [0.4, 0.5) is 5.69 Å². The van der Waals surface area contributed by atoms with E-state index in [0.717, 1.165) is 5.69 Å². The van der Waals surface area contributed by atoms with E-state index in [4.69, 9.17) is 10.5 Å². The minimum atomic E-state index is -0.733. The first-order valence-corrected chi connectivity index (χ1v) is 7.64. The maximum Gasteiger partial charge on any atom is 0.260 e. The van der Waals surface area contributed by atoms with Gasteiger partial charge in [0.1, 0.15) is 5.75 Å². The van der Waals surface area contributed by atoms with Crippen LogP contribution in [0.5, 0.6) is 5.75 Å². The third-order valence-electron chi connectivity index (χ3n) is 4.23. The molecule has 118 valence electrons. The van der Waals surface area contributed by atoms with Gasteiger partial charge in [-0.2, -0.15) is 0 Å². The fraction of sp³-hybridized carbons (Fsp3) is 0.500. The van der Waals surface area contributed by atoms with E-state index in [1.165, 1.54) is 12.8 Å². The Morgan fingerprint density at radius 1 is 1.41 bits per heavy atom. The molecule has 0 bridgehead atoms. The second-order valence-electron chi connectivity index (χ2n) is 6.05. The Morgan fingerprint density at radius 3 is 2.82 bits per heavy atom. The molecule has 1 saturated carbocycles. The topological polar surface area (TPSA) is 84.7 Å². The summed E-state index contributed by atoms with van der Waals surface area (Å²) in [4.78, 5) is 25.5. The van der Waals surface area contributed by atoms with Gasteiger partial charge in [0, 0.05) is 6.04 Å². The molecule has 0 unspecified atom stereocenters. The van der Waals surface area contributed by atoms with Crippen LogP contribution in [-0.2, 0) is 9.59 Å². The van der Waals surface area contributed by atoms with Crippen LogP contribution in [-0.4, -0.2) is 37.0 Å². The summed E-state index contributed by atoms with van der Waals surface area (Å²) in [6.45, 7) is 2.52. The van der Waals surface area contributed by atoms with E-state index in [1.54, 1.807) is 6.07 Å². The number of hydrogen-bond acceptors (Lipinski definition) is 4. The fourth-order valence-electron chi connectivity index (χ4n) is 2.79. The number of nitrogens with two attached hydrogens (primary N) is 1. The average Bonchev–Trinajstić information content (AvgIpc) is 3.31. The number of para-hydroxylation sites is 2. The maximum absolute atomic E-state index is 12.2. The lowest BCUT2D eigenvalue weighted by atomic mass is 10.1. The Labute approximate surface area is 129 Å². The highest BCUT2D eigenvalue weighted by Gasteiger charge is 2.32. The number of anilines is 1. The Balaban J connectivity index is 1.70. The zero-order valence-electron chi connectivity index (χ0n) is 12.6. The molecule has 2 amide bonds. The van der Waals surface area contributed by atoms with E-state index in [-0.39, 0.29) is 25.0 Å². The second-order valence-corrected chi connectivity index (χ2v) is 6.05. The zero-order valence-corrected chi connectivity index (χ0v) is 12.6. The van der Waals surface area contributed by atoms with Crippen LogP contribution in [0.25, 0.3) is 0 Å². The van der Waals surface area contributed by atoms with E-state index >= 15 is 0 Å². The number of ether oxygens (including phenoxy) is 1. The summed E-state index contributed by atoms with van der Waals surface area (Å²) in [5, 5.41) is 3.03. The number of benzene rings is 1. The van der Waals surface area contributed by atoms with Gasteiger partial charge in [0.05, 0.1) is 18.8 Å². The predicted octanol–water partition coefficient (Wildman–Crippen LogP) is 0.654. The van der Waals surface area contributed by atoms with Gasteiger partial charge in [0.25, 0.3) is 5.91 Å². The molecule has 1 heterocycles. The van der Waals surface area contributed by atoms with E-state index < -0.39 is 12.0 Å². The minimum Gasteiger partial charge on any atom is -0.477 e. The quantitative estimate of drug-likeness (QED) is 0.836. The van der Waals surface area contributed by atoms with Gasteiger partial charge in [-0.25, -0.2) is 0 Å². The number of fused-ring (bicyclic) bond motifs is 1. The first-order valence-electron chi connectivity index (χ1n) is 7.64. The summed E-state index contributed by atoms with van der Waals surface area (Å²) in [7, 11) is 0. The van der Waals surface area contributed by atoms with Crippen molar-refractivity contribution in [3.05, 3.63) is 24.3 Å². The van der Waals surface area contributed by atoms with Crippen molar-refractivity contribution < 1.29 is 14.3 Å². The van der Waals surface area contributed by atoms with Gasteiger partial charge in [-0.3, -0.25) is 9.59 Å². The second kappa shape index (κ2) is 5.87. The molecule has 3 rings (SSSR count). The van der Waals surface area contributed by atoms with Crippen molar-refractivity contribution in [3.8, 4) is 5.75 Å². The molecule has 1 fully saturated rings. The Hall–Kier alpha value is -2.24. The molecule has 1 aromatic rings. The van der Waals surface area contributed by atoms with E-state index in [2.05, 4.69) is 5.32 Å². The molecule has 6 heteroatoms. The first-order chi connectivity index (χ1) is 10.5. The summed E-state index contributed by atoms with van der Waals surface area (Å²) in [6, 6.07) is 7.57. The van der Waals surface area contributed by atoms with Crippen LogP contribution < -0.4 is 20.7 Å². The summed E-state index contributed by atoms with van der Waals surface area (Å²) in [5.74, 6) is 0.630. The molecule has 0 spiro atoms. The SMILES string of the molecule is C[C@H](NC(=O)CN1C[C@H](C(N)=O)Oc2ccccc21)C1CC1. The lowest BCUT2D eigenvalue weighted by molar-refractivity contribution is -0.125.